The zero-order valence-corrected chi connectivity index (χ0v) is 20.7. The minimum atomic E-state index is -2.64. The summed E-state index contributed by atoms with van der Waals surface area (Å²) in [6.45, 7) is 15.0. The van der Waals surface area contributed by atoms with Crippen molar-refractivity contribution < 1.29 is 27.5 Å². The van der Waals surface area contributed by atoms with Gasteiger partial charge in [0.05, 0.1) is 0 Å². The Bertz CT molecular complexity index is 274. The minimum absolute atomic E-state index is 0.606. The molecule has 7 heteroatoms. The average molecular weight is 437 g/mol. The fourth-order valence-corrected chi connectivity index (χ4v) is 4.22. The van der Waals surface area contributed by atoms with Gasteiger partial charge in [0.1, 0.15) is 0 Å². The molecule has 0 rings (SSSR count). The van der Waals surface area contributed by atoms with Crippen LogP contribution in [-0.4, -0.2) is 68.3 Å². The van der Waals surface area contributed by atoms with E-state index in [1.54, 1.807) is 0 Å². The largest absolute Gasteiger partial charge is 0.497 e. The van der Waals surface area contributed by atoms with Gasteiger partial charge in [-0.05, 0) is 38.5 Å². The molecule has 29 heavy (non-hydrogen) atoms. The van der Waals surface area contributed by atoms with Crippen molar-refractivity contribution in [1.29, 1.82) is 0 Å². The zero-order chi connectivity index (χ0) is 21.5. The van der Waals surface area contributed by atoms with Crippen LogP contribution in [0.2, 0.25) is 6.55 Å². The van der Waals surface area contributed by atoms with E-state index < -0.39 is 8.80 Å². The first-order valence-corrected chi connectivity index (χ1v) is 14.1. The number of ether oxygens (including phenoxy) is 3. The first-order valence-electron chi connectivity index (χ1n) is 11.8. The molecule has 0 fully saturated rings. The van der Waals surface area contributed by atoms with Gasteiger partial charge >= 0.3 is 8.80 Å². The number of hydrogen-bond acceptors (Lipinski definition) is 6. The maximum Gasteiger partial charge on any atom is 0.497 e. The Hall–Kier alpha value is -0.0231. The molecule has 6 nitrogen and oxygen atoms in total. The maximum absolute atomic E-state index is 6.06. The molecular formula is C22H48O6Si. The second-order valence-electron chi connectivity index (χ2n) is 7.37. The Morgan fingerprint density at radius 1 is 0.414 bits per heavy atom. The third-order valence-electron chi connectivity index (χ3n) is 4.32. The van der Waals surface area contributed by atoms with Gasteiger partial charge in [0.15, 0.2) is 0 Å². The Morgan fingerprint density at radius 2 is 0.690 bits per heavy atom. The lowest BCUT2D eigenvalue weighted by atomic mass is 10.4. The van der Waals surface area contributed by atoms with Gasteiger partial charge in [-0.15, -0.1) is 0 Å². The van der Waals surface area contributed by atoms with Crippen molar-refractivity contribution in [3.63, 3.8) is 0 Å². The summed E-state index contributed by atoms with van der Waals surface area (Å²) in [7, 11) is -2.64. The molecule has 0 atom stereocenters. The van der Waals surface area contributed by atoms with Crippen molar-refractivity contribution in [2.75, 3.05) is 59.5 Å². The molecule has 0 aromatic carbocycles. The topological polar surface area (TPSA) is 55.4 Å². The lowest BCUT2D eigenvalue weighted by Crippen LogP contribution is -2.43. The molecule has 0 aliphatic rings. The van der Waals surface area contributed by atoms with Crippen LogP contribution in [0.25, 0.3) is 0 Å². The normalized spacial score (nSPS) is 12.0. The Morgan fingerprint density at radius 3 is 0.966 bits per heavy atom. The molecule has 0 unspecified atom stereocenters. The van der Waals surface area contributed by atoms with Crippen LogP contribution < -0.4 is 0 Å². The van der Waals surface area contributed by atoms with E-state index in [4.69, 9.17) is 27.5 Å². The Kier molecular flexibility index (Phi) is 22.6. The molecule has 0 heterocycles. The monoisotopic (exact) mass is 436 g/mol. The fourth-order valence-electron chi connectivity index (χ4n) is 2.43. The third kappa shape index (κ3) is 21.0. The fraction of sp³-hybridized carbons (Fsp3) is 1.00. The van der Waals surface area contributed by atoms with E-state index in [9.17, 15) is 0 Å². The first-order chi connectivity index (χ1) is 14.2. The van der Waals surface area contributed by atoms with Crippen molar-refractivity contribution in [2.45, 2.75) is 85.1 Å². The number of hydrogen-bond donors (Lipinski definition) is 0. The molecule has 0 spiro atoms. The van der Waals surface area contributed by atoms with Crippen LogP contribution in [0.5, 0.6) is 0 Å². The van der Waals surface area contributed by atoms with E-state index in [0.717, 1.165) is 97.4 Å². The third-order valence-corrected chi connectivity index (χ3v) is 6.50. The van der Waals surface area contributed by atoms with E-state index in [-0.39, 0.29) is 0 Å². The zero-order valence-electron chi connectivity index (χ0n) is 19.7. The van der Waals surface area contributed by atoms with E-state index in [1.165, 1.54) is 0 Å². The van der Waals surface area contributed by atoms with Crippen molar-refractivity contribution >= 4 is 8.80 Å². The molecule has 0 bridgehead atoms. The van der Waals surface area contributed by atoms with Gasteiger partial charge in [0.2, 0.25) is 0 Å². The van der Waals surface area contributed by atoms with Gasteiger partial charge in [0.25, 0.3) is 0 Å². The number of rotatable bonds is 24. The average Bonchev–Trinajstić information content (AvgIpc) is 2.72. The molecule has 0 saturated carbocycles. The molecule has 0 N–H and O–H groups in total. The molecule has 0 saturated heterocycles. The summed E-state index contributed by atoms with van der Waals surface area (Å²) >= 11 is 0. The van der Waals surface area contributed by atoms with Crippen LogP contribution in [0, 0.1) is 0 Å². The number of unbranched alkanes of at least 4 members (excludes halogenated alkanes) is 3. The van der Waals surface area contributed by atoms with Crippen LogP contribution in [0.15, 0.2) is 0 Å². The van der Waals surface area contributed by atoms with Gasteiger partial charge < -0.3 is 27.5 Å². The highest BCUT2D eigenvalue weighted by molar-refractivity contribution is 6.59. The highest BCUT2D eigenvalue weighted by atomic mass is 28.4. The van der Waals surface area contributed by atoms with E-state index in [2.05, 4.69) is 20.8 Å². The van der Waals surface area contributed by atoms with Crippen molar-refractivity contribution in [3.8, 4) is 0 Å². The van der Waals surface area contributed by atoms with Crippen molar-refractivity contribution in [1.82, 2.24) is 0 Å². The smallest absolute Gasteiger partial charge is 0.381 e. The van der Waals surface area contributed by atoms with Crippen LogP contribution in [0.4, 0.5) is 0 Å². The quantitative estimate of drug-likeness (QED) is 0.153. The summed E-state index contributed by atoms with van der Waals surface area (Å²) in [6, 6.07) is 0. The standard InChI is InChI=1S/C22H48O6Si/c1-5-8-14-23-17-11-20-26-29(4,27-21-12-18-24-15-9-6-2)28-22-13-19-25-16-10-7-3/h5-22H2,1-4H3. The highest BCUT2D eigenvalue weighted by Gasteiger charge is 2.34. The molecule has 0 amide bonds. The summed E-state index contributed by atoms with van der Waals surface area (Å²) < 4.78 is 35.0. The predicted molar refractivity (Wildman–Crippen MR) is 121 cm³/mol. The summed E-state index contributed by atoms with van der Waals surface area (Å²) in [5.74, 6) is 0. The van der Waals surface area contributed by atoms with Crippen LogP contribution in [-0.2, 0) is 27.5 Å². The van der Waals surface area contributed by atoms with E-state index >= 15 is 0 Å². The van der Waals surface area contributed by atoms with Gasteiger partial charge in [-0.3, -0.25) is 0 Å². The summed E-state index contributed by atoms with van der Waals surface area (Å²) in [4.78, 5) is 0. The van der Waals surface area contributed by atoms with Gasteiger partial charge in [0, 0.05) is 66.0 Å². The Balaban J connectivity index is 4.03. The lowest BCUT2D eigenvalue weighted by Gasteiger charge is -2.26. The van der Waals surface area contributed by atoms with Crippen LogP contribution in [0.1, 0.15) is 78.6 Å². The summed E-state index contributed by atoms with van der Waals surface area (Å²) in [5.41, 5.74) is 0. The molecule has 0 aromatic heterocycles. The molecule has 0 aromatic rings. The second-order valence-corrected chi connectivity index (χ2v) is 9.96. The van der Waals surface area contributed by atoms with Crippen LogP contribution >= 0.6 is 0 Å². The lowest BCUT2D eigenvalue weighted by molar-refractivity contribution is 0.0379. The molecule has 0 aliphatic heterocycles. The van der Waals surface area contributed by atoms with E-state index in [0.29, 0.717) is 19.8 Å². The van der Waals surface area contributed by atoms with E-state index in [1.807, 2.05) is 6.55 Å². The second kappa shape index (κ2) is 22.7. The van der Waals surface area contributed by atoms with Gasteiger partial charge in [-0.1, -0.05) is 40.0 Å². The minimum Gasteiger partial charge on any atom is -0.381 e. The summed E-state index contributed by atoms with van der Waals surface area (Å²) in [6.07, 6.45) is 9.40. The Labute approximate surface area is 181 Å². The SMILES string of the molecule is CCCCOCCCO[Si](C)(OCCCOCCCC)OCCCOCCCC. The van der Waals surface area contributed by atoms with Gasteiger partial charge in [-0.2, -0.15) is 0 Å². The predicted octanol–water partition coefficient (Wildman–Crippen LogP) is 5.23. The van der Waals surface area contributed by atoms with Crippen LogP contribution in [0.3, 0.4) is 0 Å². The first kappa shape index (κ1) is 29.0. The molecule has 0 radical (unpaired) electrons. The maximum atomic E-state index is 6.06. The molecule has 0 aliphatic carbocycles. The van der Waals surface area contributed by atoms with Crippen molar-refractivity contribution in [2.24, 2.45) is 0 Å². The molecular weight excluding hydrogens is 388 g/mol. The molecule has 176 valence electrons. The summed E-state index contributed by atoms with van der Waals surface area (Å²) in [5, 5.41) is 0. The highest BCUT2D eigenvalue weighted by Crippen LogP contribution is 2.12. The van der Waals surface area contributed by atoms with Gasteiger partial charge in [-0.25, -0.2) is 0 Å². The van der Waals surface area contributed by atoms with Crippen molar-refractivity contribution in [3.05, 3.63) is 0 Å².